The molecule has 2 N–H and O–H groups in total. The minimum Gasteiger partial charge on any atom is -0.315 e. The van der Waals surface area contributed by atoms with E-state index in [2.05, 4.69) is 20.3 Å². The number of hydrogen-bond acceptors (Lipinski definition) is 5. The maximum atomic E-state index is 11.3. The molecule has 0 amide bonds. The molecule has 0 aliphatic carbocycles. The van der Waals surface area contributed by atoms with Gasteiger partial charge in [-0.15, -0.1) is 0 Å². The van der Waals surface area contributed by atoms with E-state index >= 15 is 0 Å². The Kier molecular flexibility index (Phi) is 2.73. The highest BCUT2D eigenvalue weighted by Gasteiger charge is 2.08. The molecular formula is C11H7ClN4OS. The SMILES string of the molecule is O=c1[nH]cnc(Nc2nc3ccccc3s2)c1Cl. The number of fused-ring (bicyclic) bond motifs is 1. The Morgan fingerprint density at radius 2 is 2.17 bits per heavy atom. The molecule has 0 aliphatic heterocycles. The summed E-state index contributed by atoms with van der Waals surface area (Å²) in [4.78, 5) is 22.1. The molecule has 0 saturated carbocycles. The van der Waals surface area contributed by atoms with Crippen LogP contribution in [0.2, 0.25) is 5.02 Å². The number of nitrogens with one attached hydrogen (secondary N) is 2. The summed E-state index contributed by atoms with van der Waals surface area (Å²) in [6, 6.07) is 7.77. The van der Waals surface area contributed by atoms with Crippen molar-refractivity contribution in [2.75, 3.05) is 5.32 Å². The number of aromatic amines is 1. The Bertz CT molecular complexity index is 734. The number of nitrogens with zero attached hydrogens (tertiary/aromatic N) is 2. The fourth-order valence-electron chi connectivity index (χ4n) is 1.50. The van der Waals surface area contributed by atoms with Crippen LogP contribution in [0, 0.1) is 0 Å². The van der Waals surface area contributed by atoms with E-state index in [1.54, 1.807) is 0 Å². The first kappa shape index (κ1) is 11.2. The minimum atomic E-state index is -0.379. The van der Waals surface area contributed by atoms with Crippen LogP contribution < -0.4 is 10.9 Å². The van der Waals surface area contributed by atoms with E-state index in [9.17, 15) is 4.79 Å². The van der Waals surface area contributed by atoms with Crippen molar-refractivity contribution in [3.05, 3.63) is 46.0 Å². The van der Waals surface area contributed by atoms with E-state index < -0.39 is 0 Å². The number of benzene rings is 1. The molecule has 3 rings (SSSR count). The van der Waals surface area contributed by atoms with Gasteiger partial charge in [0.15, 0.2) is 10.9 Å². The van der Waals surface area contributed by atoms with E-state index in [4.69, 9.17) is 11.6 Å². The Morgan fingerprint density at radius 1 is 1.33 bits per heavy atom. The predicted octanol–water partition coefficient (Wildman–Crippen LogP) is 2.78. The smallest absolute Gasteiger partial charge is 0.271 e. The molecule has 0 fully saturated rings. The minimum absolute atomic E-state index is 0.0248. The van der Waals surface area contributed by atoms with Crippen LogP contribution in [0.3, 0.4) is 0 Å². The Morgan fingerprint density at radius 3 is 3.00 bits per heavy atom. The summed E-state index contributed by atoms with van der Waals surface area (Å²) in [5.41, 5.74) is 0.515. The van der Waals surface area contributed by atoms with Gasteiger partial charge in [0.2, 0.25) is 0 Å². The third-order valence-electron chi connectivity index (χ3n) is 2.32. The third-order valence-corrected chi connectivity index (χ3v) is 3.62. The van der Waals surface area contributed by atoms with Gasteiger partial charge >= 0.3 is 0 Å². The van der Waals surface area contributed by atoms with Crippen LogP contribution in [0.15, 0.2) is 35.4 Å². The predicted molar refractivity (Wildman–Crippen MR) is 72.8 cm³/mol. The van der Waals surface area contributed by atoms with Crippen molar-refractivity contribution in [2.45, 2.75) is 0 Å². The highest BCUT2D eigenvalue weighted by atomic mass is 35.5. The van der Waals surface area contributed by atoms with Crippen molar-refractivity contribution in [1.29, 1.82) is 0 Å². The monoisotopic (exact) mass is 278 g/mol. The molecule has 0 atom stereocenters. The first-order valence-electron chi connectivity index (χ1n) is 5.10. The Balaban J connectivity index is 2.01. The second kappa shape index (κ2) is 4.40. The van der Waals surface area contributed by atoms with Crippen LogP contribution in [-0.4, -0.2) is 15.0 Å². The number of hydrogen-bond donors (Lipinski definition) is 2. The maximum Gasteiger partial charge on any atom is 0.271 e. The summed E-state index contributed by atoms with van der Waals surface area (Å²) in [7, 11) is 0. The van der Waals surface area contributed by atoms with E-state index in [1.807, 2.05) is 24.3 Å². The van der Waals surface area contributed by atoms with Crippen LogP contribution >= 0.6 is 22.9 Å². The van der Waals surface area contributed by atoms with Gasteiger partial charge in [0.05, 0.1) is 16.5 Å². The van der Waals surface area contributed by atoms with E-state index in [0.29, 0.717) is 10.9 Å². The van der Waals surface area contributed by atoms with Gasteiger partial charge < -0.3 is 10.3 Å². The van der Waals surface area contributed by atoms with Crippen molar-refractivity contribution in [3.63, 3.8) is 0 Å². The molecule has 0 spiro atoms. The van der Waals surface area contributed by atoms with Gasteiger partial charge in [-0.05, 0) is 12.1 Å². The first-order valence-corrected chi connectivity index (χ1v) is 6.29. The molecule has 3 aromatic rings. The summed E-state index contributed by atoms with van der Waals surface area (Å²) in [6.07, 6.45) is 1.30. The number of halogens is 1. The van der Waals surface area contributed by atoms with Crippen LogP contribution in [0.1, 0.15) is 0 Å². The van der Waals surface area contributed by atoms with Gasteiger partial charge in [0.25, 0.3) is 5.56 Å². The lowest BCUT2D eigenvalue weighted by Crippen LogP contribution is -2.09. The van der Waals surface area contributed by atoms with Crippen molar-refractivity contribution in [3.8, 4) is 0 Å². The molecule has 7 heteroatoms. The third kappa shape index (κ3) is 1.96. The Labute approximate surface area is 110 Å². The molecule has 18 heavy (non-hydrogen) atoms. The summed E-state index contributed by atoms with van der Waals surface area (Å²) in [5, 5.41) is 3.62. The van der Waals surface area contributed by atoms with Crippen molar-refractivity contribution < 1.29 is 0 Å². The highest BCUT2D eigenvalue weighted by Crippen LogP contribution is 2.28. The normalized spacial score (nSPS) is 10.7. The number of aromatic nitrogens is 3. The number of anilines is 2. The molecule has 0 saturated heterocycles. The van der Waals surface area contributed by atoms with E-state index in [-0.39, 0.29) is 10.6 Å². The van der Waals surface area contributed by atoms with Gasteiger partial charge in [0, 0.05) is 0 Å². The summed E-state index contributed by atoms with van der Waals surface area (Å²) < 4.78 is 1.06. The molecule has 0 aliphatic rings. The zero-order valence-electron chi connectivity index (χ0n) is 8.98. The number of para-hydroxylation sites is 1. The second-order valence-electron chi connectivity index (χ2n) is 3.51. The van der Waals surface area contributed by atoms with Crippen LogP contribution in [0.4, 0.5) is 10.9 Å². The topological polar surface area (TPSA) is 70.7 Å². The van der Waals surface area contributed by atoms with Gasteiger partial charge in [-0.1, -0.05) is 35.1 Å². The standard InChI is InChI=1S/C11H7ClN4OS/c12-8-9(13-5-14-10(8)17)16-11-15-6-3-1-2-4-7(6)18-11/h1-5H,(H2,13,14,15,16,17). The maximum absolute atomic E-state index is 11.3. The lowest BCUT2D eigenvalue weighted by molar-refractivity contribution is 1.12. The van der Waals surface area contributed by atoms with Crippen LogP contribution in [0.25, 0.3) is 10.2 Å². The lowest BCUT2D eigenvalue weighted by Gasteiger charge is -2.01. The fourth-order valence-corrected chi connectivity index (χ4v) is 2.51. The number of thiazole rings is 1. The van der Waals surface area contributed by atoms with Crippen LogP contribution in [0.5, 0.6) is 0 Å². The average molecular weight is 279 g/mol. The molecule has 0 radical (unpaired) electrons. The second-order valence-corrected chi connectivity index (χ2v) is 4.91. The van der Waals surface area contributed by atoms with Crippen LogP contribution in [-0.2, 0) is 0 Å². The molecule has 5 nitrogen and oxygen atoms in total. The fraction of sp³-hybridized carbons (Fsp3) is 0. The molecular weight excluding hydrogens is 272 g/mol. The van der Waals surface area contributed by atoms with E-state index in [1.165, 1.54) is 17.7 Å². The van der Waals surface area contributed by atoms with Gasteiger partial charge in [-0.2, -0.15) is 0 Å². The summed E-state index contributed by atoms with van der Waals surface area (Å²) >= 11 is 7.32. The highest BCUT2D eigenvalue weighted by molar-refractivity contribution is 7.22. The average Bonchev–Trinajstić information content (AvgIpc) is 2.77. The Hall–Kier alpha value is -1.92. The first-order chi connectivity index (χ1) is 8.74. The lowest BCUT2D eigenvalue weighted by atomic mass is 10.3. The molecule has 2 heterocycles. The van der Waals surface area contributed by atoms with Gasteiger partial charge in [-0.25, -0.2) is 9.97 Å². The van der Waals surface area contributed by atoms with E-state index in [0.717, 1.165) is 10.2 Å². The molecule has 1 aromatic carbocycles. The van der Waals surface area contributed by atoms with Gasteiger partial charge in [0.1, 0.15) is 5.02 Å². The quantitative estimate of drug-likeness (QED) is 0.756. The summed E-state index contributed by atoms with van der Waals surface area (Å²) in [5.74, 6) is 0.305. The van der Waals surface area contributed by atoms with Crippen molar-refractivity contribution in [2.24, 2.45) is 0 Å². The zero-order valence-corrected chi connectivity index (χ0v) is 10.5. The largest absolute Gasteiger partial charge is 0.315 e. The van der Waals surface area contributed by atoms with Crippen molar-refractivity contribution >= 4 is 44.1 Å². The van der Waals surface area contributed by atoms with Gasteiger partial charge in [-0.3, -0.25) is 4.79 Å². The molecule has 90 valence electrons. The zero-order chi connectivity index (χ0) is 12.5. The molecule has 2 aromatic heterocycles. The number of rotatable bonds is 2. The summed E-state index contributed by atoms with van der Waals surface area (Å²) in [6.45, 7) is 0. The van der Waals surface area contributed by atoms with Crippen molar-refractivity contribution in [1.82, 2.24) is 15.0 Å². The number of H-pyrrole nitrogens is 1. The molecule has 0 unspecified atom stereocenters. The molecule has 0 bridgehead atoms.